The van der Waals surface area contributed by atoms with Gasteiger partial charge >= 0.3 is 0 Å². The molecular formula is C16H26Cl3N3O3. The Labute approximate surface area is 166 Å². The smallest absolute Gasteiger partial charge is 0.255 e. The van der Waals surface area contributed by atoms with E-state index in [0.717, 1.165) is 32.8 Å². The van der Waals surface area contributed by atoms with Gasteiger partial charge in [-0.25, -0.2) is 0 Å². The molecule has 1 fully saturated rings. The van der Waals surface area contributed by atoms with Gasteiger partial charge in [-0.15, -0.1) is 24.8 Å². The number of benzene rings is 1. The van der Waals surface area contributed by atoms with E-state index >= 15 is 0 Å². The summed E-state index contributed by atoms with van der Waals surface area (Å²) < 4.78 is 10.5. The van der Waals surface area contributed by atoms with Gasteiger partial charge in [0.25, 0.3) is 5.91 Å². The van der Waals surface area contributed by atoms with Gasteiger partial charge in [-0.1, -0.05) is 18.5 Å². The number of nitrogen functional groups attached to an aromatic ring is 1. The number of hydrogen-bond donors (Lipinski definition) is 2. The van der Waals surface area contributed by atoms with Crippen LogP contribution in [0.3, 0.4) is 0 Å². The highest BCUT2D eigenvalue weighted by molar-refractivity contribution is 6.33. The van der Waals surface area contributed by atoms with E-state index in [0.29, 0.717) is 34.5 Å². The lowest BCUT2D eigenvalue weighted by Crippen LogP contribution is -2.41. The Morgan fingerprint density at radius 1 is 1.40 bits per heavy atom. The van der Waals surface area contributed by atoms with Crippen molar-refractivity contribution in [1.82, 2.24) is 10.2 Å². The molecule has 0 spiro atoms. The van der Waals surface area contributed by atoms with E-state index in [1.54, 1.807) is 6.07 Å². The number of ether oxygens (including phenoxy) is 2. The molecule has 25 heavy (non-hydrogen) atoms. The minimum Gasteiger partial charge on any atom is -0.496 e. The minimum atomic E-state index is -0.211. The average Bonchev–Trinajstić information content (AvgIpc) is 2.55. The van der Waals surface area contributed by atoms with Crippen LogP contribution in [0.15, 0.2) is 12.1 Å². The van der Waals surface area contributed by atoms with Crippen molar-refractivity contribution in [3.05, 3.63) is 22.7 Å². The predicted octanol–water partition coefficient (Wildman–Crippen LogP) is 2.47. The summed E-state index contributed by atoms with van der Waals surface area (Å²) in [5, 5.41) is 3.28. The molecule has 1 heterocycles. The first kappa shape index (κ1) is 24.1. The van der Waals surface area contributed by atoms with E-state index in [9.17, 15) is 4.79 Å². The number of carbonyl (C=O) groups excluding carboxylic acids is 1. The van der Waals surface area contributed by atoms with E-state index in [1.165, 1.54) is 13.2 Å². The predicted molar refractivity (Wildman–Crippen MR) is 106 cm³/mol. The van der Waals surface area contributed by atoms with Crippen LogP contribution in [0.4, 0.5) is 5.69 Å². The van der Waals surface area contributed by atoms with Crippen LogP contribution in [0.1, 0.15) is 17.3 Å². The number of amides is 1. The van der Waals surface area contributed by atoms with Crippen molar-refractivity contribution in [2.45, 2.75) is 6.92 Å². The molecular weight excluding hydrogens is 389 g/mol. The number of rotatable bonds is 6. The first-order valence-electron chi connectivity index (χ1n) is 7.72. The summed E-state index contributed by atoms with van der Waals surface area (Å²) in [4.78, 5) is 14.7. The van der Waals surface area contributed by atoms with Crippen molar-refractivity contribution in [3.8, 4) is 5.75 Å². The number of nitrogens with zero attached hydrogens (tertiary/aromatic N) is 1. The molecule has 3 N–H and O–H groups in total. The number of halogens is 3. The molecule has 1 aliphatic heterocycles. The van der Waals surface area contributed by atoms with Crippen LogP contribution in [-0.2, 0) is 4.74 Å². The van der Waals surface area contributed by atoms with Gasteiger partial charge in [0.15, 0.2) is 0 Å². The number of anilines is 1. The van der Waals surface area contributed by atoms with E-state index in [2.05, 4.69) is 17.1 Å². The van der Waals surface area contributed by atoms with Crippen molar-refractivity contribution in [2.24, 2.45) is 5.92 Å². The Hall–Kier alpha value is -0.920. The number of carbonyl (C=O) groups is 1. The van der Waals surface area contributed by atoms with E-state index in [-0.39, 0.29) is 30.7 Å². The second-order valence-electron chi connectivity index (χ2n) is 5.80. The standard InChI is InChI=1S/C16H24ClN3O3.2ClH/c1-11(10-20-3-5-23-6-4-20)9-19-16(21)12-7-13(17)14(18)8-15(12)22-2;;/h7-8,11H,3-6,9-10,18H2,1-2H3,(H,19,21);2*1H. The molecule has 6 nitrogen and oxygen atoms in total. The Kier molecular flexibility index (Phi) is 11.2. The number of methoxy groups -OCH3 is 1. The lowest BCUT2D eigenvalue weighted by molar-refractivity contribution is 0.0317. The zero-order valence-corrected chi connectivity index (χ0v) is 16.8. The summed E-state index contributed by atoms with van der Waals surface area (Å²) in [6.45, 7) is 7.08. The molecule has 2 rings (SSSR count). The first-order valence-corrected chi connectivity index (χ1v) is 8.10. The summed E-state index contributed by atoms with van der Waals surface area (Å²) in [6, 6.07) is 3.10. The molecule has 1 atom stereocenters. The van der Waals surface area contributed by atoms with E-state index in [1.807, 2.05) is 0 Å². The molecule has 144 valence electrons. The Balaban J connectivity index is 0.00000288. The van der Waals surface area contributed by atoms with Gasteiger partial charge in [-0.05, 0) is 12.0 Å². The quantitative estimate of drug-likeness (QED) is 0.699. The summed E-state index contributed by atoms with van der Waals surface area (Å²) in [5.41, 5.74) is 6.52. The molecule has 1 aliphatic rings. The van der Waals surface area contributed by atoms with Crippen molar-refractivity contribution in [2.75, 3.05) is 52.2 Å². The number of nitrogens with two attached hydrogens (primary N) is 1. The lowest BCUT2D eigenvalue weighted by atomic mass is 10.1. The van der Waals surface area contributed by atoms with Gasteiger partial charge in [0.1, 0.15) is 5.75 Å². The Morgan fingerprint density at radius 2 is 2.04 bits per heavy atom. The molecule has 0 aromatic heterocycles. The number of hydrogen-bond acceptors (Lipinski definition) is 5. The molecule has 0 aliphatic carbocycles. The molecule has 1 amide bonds. The molecule has 9 heteroatoms. The number of morpholine rings is 1. The van der Waals surface area contributed by atoms with Crippen molar-refractivity contribution in [3.63, 3.8) is 0 Å². The van der Waals surface area contributed by atoms with Gasteiger partial charge in [0.2, 0.25) is 0 Å². The highest BCUT2D eigenvalue weighted by Gasteiger charge is 2.17. The first-order chi connectivity index (χ1) is 11.0. The molecule has 0 saturated carbocycles. The summed E-state index contributed by atoms with van der Waals surface area (Å²) in [6.07, 6.45) is 0. The molecule has 1 unspecified atom stereocenters. The SMILES string of the molecule is COc1cc(N)c(Cl)cc1C(=O)NCC(C)CN1CCOCC1.Cl.Cl. The zero-order chi connectivity index (χ0) is 16.8. The second kappa shape index (κ2) is 11.6. The van der Waals surface area contributed by atoms with E-state index in [4.69, 9.17) is 26.8 Å². The molecule has 1 saturated heterocycles. The van der Waals surface area contributed by atoms with Gasteiger partial charge < -0.3 is 20.5 Å². The summed E-state index contributed by atoms with van der Waals surface area (Å²) in [5.74, 6) is 0.551. The molecule has 1 aromatic carbocycles. The zero-order valence-electron chi connectivity index (χ0n) is 14.4. The van der Waals surface area contributed by atoms with Gasteiger partial charge in [-0.3, -0.25) is 9.69 Å². The maximum atomic E-state index is 12.4. The van der Waals surface area contributed by atoms with Crippen LogP contribution in [0, 0.1) is 5.92 Å². The highest BCUT2D eigenvalue weighted by Crippen LogP contribution is 2.28. The van der Waals surface area contributed by atoms with Crippen molar-refractivity contribution < 1.29 is 14.3 Å². The molecule has 0 radical (unpaired) electrons. The van der Waals surface area contributed by atoms with E-state index < -0.39 is 0 Å². The Morgan fingerprint density at radius 3 is 2.64 bits per heavy atom. The van der Waals surface area contributed by atoms with Crippen molar-refractivity contribution >= 4 is 48.0 Å². The highest BCUT2D eigenvalue weighted by atomic mass is 35.5. The average molecular weight is 415 g/mol. The number of nitrogens with one attached hydrogen (secondary N) is 1. The third-order valence-corrected chi connectivity index (χ3v) is 4.18. The third kappa shape index (κ3) is 7.07. The lowest BCUT2D eigenvalue weighted by Gasteiger charge is -2.29. The van der Waals surface area contributed by atoms with Crippen LogP contribution >= 0.6 is 36.4 Å². The maximum Gasteiger partial charge on any atom is 0.255 e. The fraction of sp³-hybridized carbons (Fsp3) is 0.562. The Bertz CT molecular complexity index is 555. The summed E-state index contributed by atoms with van der Waals surface area (Å²) in [7, 11) is 1.50. The van der Waals surface area contributed by atoms with Gasteiger partial charge in [0, 0.05) is 32.2 Å². The third-order valence-electron chi connectivity index (χ3n) is 3.85. The fourth-order valence-electron chi connectivity index (χ4n) is 2.57. The minimum absolute atomic E-state index is 0. The molecule has 0 bridgehead atoms. The van der Waals surface area contributed by atoms with Crippen LogP contribution < -0.4 is 15.8 Å². The fourth-order valence-corrected chi connectivity index (χ4v) is 2.73. The van der Waals surface area contributed by atoms with Gasteiger partial charge in [0.05, 0.1) is 36.6 Å². The van der Waals surface area contributed by atoms with Crippen LogP contribution in [-0.4, -0.2) is 57.3 Å². The largest absolute Gasteiger partial charge is 0.496 e. The van der Waals surface area contributed by atoms with Crippen molar-refractivity contribution in [1.29, 1.82) is 0 Å². The summed E-state index contributed by atoms with van der Waals surface area (Å²) >= 11 is 6.00. The van der Waals surface area contributed by atoms with Crippen LogP contribution in [0.5, 0.6) is 5.75 Å². The van der Waals surface area contributed by atoms with Crippen LogP contribution in [0.2, 0.25) is 5.02 Å². The normalized spacial score (nSPS) is 15.5. The second-order valence-corrected chi connectivity index (χ2v) is 6.21. The molecule has 1 aromatic rings. The topological polar surface area (TPSA) is 76.8 Å². The van der Waals surface area contributed by atoms with Gasteiger partial charge in [-0.2, -0.15) is 0 Å². The van der Waals surface area contributed by atoms with Crippen LogP contribution in [0.25, 0.3) is 0 Å². The maximum absolute atomic E-state index is 12.4. The monoisotopic (exact) mass is 413 g/mol.